The van der Waals surface area contributed by atoms with Crippen LogP contribution < -0.4 is 0 Å². The zero-order valence-corrected chi connectivity index (χ0v) is 9.95. The Bertz CT molecular complexity index is 272. The number of aliphatic hydroxyl groups is 1. The van der Waals surface area contributed by atoms with Crippen molar-refractivity contribution >= 4 is 15.9 Å². The summed E-state index contributed by atoms with van der Waals surface area (Å²) in [4.78, 5) is 0. The minimum atomic E-state index is -0.502. The summed E-state index contributed by atoms with van der Waals surface area (Å²) in [6.07, 6.45) is 1.89. The summed E-state index contributed by atoms with van der Waals surface area (Å²) in [6.45, 7) is 2.65. The van der Waals surface area contributed by atoms with Crippen molar-refractivity contribution in [3.8, 4) is 0 Å². The molecule has 1 aromatic rings. The van der Waals surface area contributed by atoms with E-state index in [-0.39, 0.29) is 5.92 Å². The lowest BCUT2D eigenvalue weighted by Gasteiger charge is -2.17. The Morgan fingerprint density at radius 3 is 2.86 bits per heavy atom. The third kappa shape index (κ3) is 2.83. The van der Waals surface area contributed by atoms with Gasteiger partial charge >= 0.3 is 0 Å². The highest BCUT2D eigenvalue weighted by molar-refractivity contribution is 9.10. The van der Waals surface area contributed by atoms with Gasteiger partial charge in [0.15, 0.2) is 4.67 Å². The minimum Gasteiger partial charge on any atom is -0.457 e. The summed E-state index contributed by atoms with van der Waals surface area (Å²) in [5.74, 6) is 0.156. The van der Waals surface area contributed by atoms with Gasteiger partial charge in [-0.3, -0.25) is 0 Å². The van der Waals surface area contributed by atoms with Crippen molar-refractivity contribution in [2.24, 2.45) is 5.92 Å². The van der Waals surface area contributed by atoms with E-state index in [0.717, 1.165) is 12.0 Å². The van der Waals surface area contributed by atoms with Crippen molar-refractivity contribution in [3.63, 3.8) is 0 Å². The highest BCUT2D eigenvalue weighted by Gasteiger charge is 2.20. The maximum absolute atomic E-state index is 9.94. The summed E-state index contributed by atoms with van der Waals surface area (Å²) >= 11 is 3.25. The van der Waals surface area contributed by atoms with Gasteiger partial charge in [0.25, 0.3) is 0 Å². The van der Waals surface area contributed by atoms with Crippen molar-refractivity contribution in [2.75, 3.05) is 13.7 Å². The third-order valence-corrected chi connectivity index (χ3v) is 2.93. The summed E-state index contributed by atoms with van der Waals surface area (Å²) in [5, 5.41) is 9.94. The van der Waals surface area contributed by atoms with Crippen LogP contribution in [0.15, 0.2) is 21.4 Å². The van der Waals surface area contributed by atoms with Crippen LogP contribution in [0.3, 0.4) is 0 Å². The normalized spacial score (nSPS) is 15.4. The molecule has 2 unspecified atom stereocenters. The number of aliphatic hydroxyl groups excluding tert-OH is 1. The molecule has 1 heterocycles. The van der Waals surface area contributed by atoms with E-state index in [9.17, 15) is 5.11 Å². The smallest absolute Gasteiger partial charge is 0.174 e. The van der Waals surface area contributed by atoms with Crippen LogP contribution in [0, 0.1) is 5.92 Å². The highest BCUT2D eigenvalue weighted by atomic mass is 79.9. The number of hydrogen-bond acceptors (Lipinski definition) is 3. The standard InChI is InChI=1S/C10H15BrO3/c1-7(3-5-13-2)9(12)8-4-6-14-10(8)11/h4,6-7,9,12H,3,5H2,1-2H3. The molecule has 1 N–H and O–H groups in total. The Labute approximate surface area is 92.2 Å². The van der Waals surface area contributed by atoms with Gasteiger partial charge in [-0.1, -0.05) is 6.92 Å². The zero-order chi connectivity index (χ0) is 10.6. The molecule has 14 heavy (non-hydrogen) atoms. The third-order valence-electron chi connectivity index (χ3n) is 2.28. The molecule has 0 aliphatic heterocycles. The van der Waals surface area contributed by atoms with Crippen LogP contribution in [0.25, 0.3) is 0 Å². The first-order chi connectivity index (χ1) is 6.66. The first-order valence-electron chi connectivity index (χ1n) is 4.56. The van der Waals surface area contributed by atoms with E-state index in [0.29, 0.717) is 11.3 Å². The molecule has 0 amide bonds. The van der Waals surface area contributed by atoms with E-state index in [1.165, 1.54) is 0 Å². The lowest BCUT2D eigenvalue weighted by molar-refractivity contribution is 0.0874. The number of halogens is 1. The molecule has 1 aromatic heterocycles. The average Bonchev–Trinajstić information content (AvgIpc) is 2.59. The second kappa shape index (κ2) is 5.53. The monoisotopic (exact) mass is 262 g/mol. The molecule has 0 bridgehead atoms. The second-order valence-electron chi connectivity index (χ2n) is 3.35. The predicted octanol–water partition coefficient (Wildman–Crippen LogP) is 2.75. The lowest BCUT2D eigenvalue weighted by Crippen LogP contribution is -2.11. The lowest BCUT2D eigenvalue weighted by atomic mass is 9.97. The Hall–Kier alpha value is -0.320. The second-order valence-corrected chi connectivity index (χ2v) is 4.07. The molecule has 1 rings (SSSR count). The van der Waals surface area contributed by atoms with Gasteiger partial charge in [0.05, 0.1) is 12.4 Å². The van der Waals surface area contributed by atoms with Crippen molar-refractivity contribution < 1.29 is 14.3 Å². The quantitative estimate of drug-likeness (QED) is 0.888. The van der Waals surface area contributed by atoms with Crippen molar-refractivity contribution in [1.29, 1.82) is 0 Å². The number of furan rings is 1. The van der Waals surface area contributed by atoms with Crippen molar-refractivity contribution in [2.45, 2.75) is 19.4 Å². The molecule has 0 saturated carbocycles. The van der Waals surface area contributed by atoms with Crippen molar-refractivity contribution in [3.05, 3.63) is 22.6 Å². The van der Waals surface area contributed by atoms with Crippen molar-refractivity contribution in [1.82, 2.24) is 0 Å². The van der Waals surface area contributed by atoms with Crippen LogP contribution in [0.4, 0.5) is 0 Å². The Balaban J connectivity index is 2.56. The molecule has 0 aliphatic rings. The SMILES string of the molecule is COCCC(C)C(O)c1ccoc1Br. The fourth-order valence-electron chi connectivity index (χ4n) is 1.28. The van der Waals surface area contributed by atoms with Gasteiger partial charge in [0.2, 0.25) is 0 Å². The minimum absolute atomic E-state index is 0.156. The van der Waals surface area contributed by atoms with Crippen LogP contribution in [-0.4, -0.2) is 18.8 Å². The van der Waals surface area contributed by atoms with Gasteiger partial charge < -0.3 is 14.3 Å². The molecule has 3 nitrogen and oxygen atoms in total. The molecule has 80 valence electrons. The summed E-state index contributed by atoms with van der Waals surface area (Å²) in [5.41, 5.74) is 0.800. The van der Waals surface area contributed by atoms with Gasteiger partial charge in [-0.2, -0.15) is 0 Å². The molecule has 0 spiro atoms. The first kappa shape index (κ1) is 11.8. The molecule has 0 fully saturated rings. The molecule has 0 aromatic carbocycles. The molecule has 4 heteroatoms. The summed E-state index contributed by atoms with van der Waals surface area (Å²) in [7, 11) is 1.66. The molecular weight excluding hydrogens is 248 g/mol. The number of rotatable bonds is 5. The average molecular weight is 263 g/mol. The van der Waals surface area contributed by atoms with Crippen LogP contribution in [0.2, 0.25) is 0 Å². The van der Waals surface area contributed by atoms with Gasteiger partial charge in [-0.25, -0.2) is 0 Å². The number of ether oxygens (including phenoxy) is 1. The van der Waals surface area contributed by atoms with Gasteiger partial charge in [-0.15, -0.1) is 0 Å². The van der Waals surface area contributed by atoms with E-state index in [4.69, 9.17) is 9.15 Å². The van der Waals surface area contributed by atoms with Gasteiger partial charge in [0.1, 0.15) is 0 Å². The van der Waals surface area contributed by atoms with Crippen LogP contribution in [0.1, 0.15) is 25.0 Å². The molecule has 0 saturated heterocycles. The first-order valence-corrected chi connectivity index (χ1v) is 5.36. The van der Waals surface area contributed by atoms with Gasteiger partial charge in [0, 0.05) is 19.3 Å². The largest absolute Gasteiger partial charge is 0.457 e. The van der Waals surface area contributed by atoms with E-state index in [1.807, 2.05) is 6.92 Å². The number of hydrogen-bond donors (Lipinski definition) is 1. The van der Waals surface area contributed by atoms with E-state index in [1.54, 1.807) is 19.4 Å². The molecule has 2 atom stereocenters. The summed E-state index contributed by atoms with van der Waals surface area (Å²) in [6, 6.07) is 1.78. The van der Waals surface area contributed by atoms with Gasteiger partial charge in [-0.05, 0) is 34.3 Å². The number of methoxy groups -OCH3 is 1. The molecular formula is C10H15BrO3. The van der Waals surface area contributed by atoms with Crippen LogP contribution in [-0.2, 0) is 4.74 Å². The Kier molecular flexibility index (Phi) is 4.65. The van der Waals surface area contributed by atoms with E-state index >= 15 is 0 Å². The van der Waals surface area contributed by atoms with E-state index in [2.05, 4.69) is 15.9 Å². The Morgan fingerprint density at radius 1 is 1.64 bits per heavy atom. The van der Waals surface area contributed by atoms with Crippen LogP contribution >= 0.6 is 15.9 Å². The highest BCUT2D eigenvalue weighted by Crippen LogP contribution is 2.30. The predicted molar refractivity (Wildman–Crippen MR) is 57.0 cm³/mol. The maximum atomic E-state index is 9.94. The molecule has 0 radical (unpaired) electrons. The molecule has 0 aliphatic carbocycles. The maximum Gasteiger partial charge on any atom is 0.174 e. The summed E-state index contributed by atoms with van der Waals surface area (Å²) < 4.78 is 10.6. The Morgan fingerprint density at radius 2 is 2.36 bits per heavy atom. The zero-order valence-electron chi connectivity index (χ0n) is 8.37. The van der Waals surface area contributed by atoms with E-state index < -0.39 is 6.10 Å². The topological polar surface area (TPSA) is 42.6 Å². The van der Waals surface area contributed by atoms with Crippen LogP contribution in [0.5, 0.6) is 0 Å². The fourth-order valence-corrected chi connectivity index (χ4v) is 1.76. The fraction of sp³-hybridized carbons (Fsp3) is 0.600.